The summed E-state index contributed by atoms with van der Waals surface area (Å²) in [6.45, 7) is 0. The summed E-state index contributed by atoms with van der Waals surface area (Å²) in [5.41, 5.74) is 11.4. The minimum atomic E-state index is -0.570. The van der Waals surface area contributed by atoms with Gasteiger partial charge in [0.2, 0.25) is 0 Å². The summed E-state index contributed by atoms with van der Waals surface area (Å²) in [7, 11) is 0. The van der Waals surface area contributed by atoms with Crippen molar-refractivity contribution in [2.75, 3.05) is 0 Å². The van der Waals surface area contributed by atoms with Crippen LogP contribution in [0.4, 0.5) is 0 Å². The van der Waals surface area contributed by atoms with Gasteiger partial charge in [-0.15, -0.1) is 0 Å². The van der Waals surface area contributed by atoms with Crippen LogP contribution in [0.1, 0.15) is 12.8 Å². The molecule has 0 aromatic heterocycles. The number of rotatable bonds is 2. The van der Waals surface area contributed by atoms with E-state index in [4.69, 9.17) is 11.5 Å². The molecule has 1 fully saturated rings. The molecular weight excluding hydrogens is 182 g/mol. The first-order valence-corrected chi connectivity index (χ1v) is 4.64. The standard InChI is InChI=1S/C9H13N3O2/c10-8-5-7(12(13)14)3-4-9(8,11)6-1-2-6/h3-6,8H,1-2,10-11H2. The highest BCUT2D eigenvalue weighted by Crippen LogP contribution is 2.42. The molecule has 0 radical (unpaired) electrons. The zero-order chi connectivity index (χ0) is 10.3. The summed E-state index contributed by atoms with van der Waals surface area (Å²) in [5.74, 6) is 0.387. The van der Waals surface area contributed by atoms with Gasteiger partial charge in [0.25, 0.3) is 5.70 Å². The van der Waals surface area contributed by atoms with Gasteiger partial charge >= 0.3 is 0 Å². The van der Waals surface area contributed by atoms with Gasteiger partial charge in [-0.25, -0.2) is 0 Å². The SMILES string of the molecule is NC1C=C([N+](=O)[O-])C=CC1(N)C1CC1. The van der Waals surface area contributed by atoms with Gasteiger partial charge in [0.1, 0.15) is 0 Å². The van der Waals surface area contributed by atoms with Crippen molar-refractivity contribution in [1.82, 2.24) is 0 Å². The van der Waals surface area contributed by atoms with E-state index in [0.29, 0.717) is 5.92 Å². The first kappa shape index (κ1) is 9.36. The Balaban J connectivity index is 2.23. The van der Waals surface area contributed by atoms with E-state index in [-0.39, 0.29) is 5.70 Å². The third kappa shape index (κ3) is 1.34. The monoisotopic (exact) mass is 195 g/mol. The fraction of sp³-hybridized carbons (Fsp3) is 0.556. The molecule has 2 unspecified atom stereocenters. The van der Waals surface area contributed by atoms with E-state index in [2.05, 4.69) is 0 Å². The third-order valence-electron chi connectivity index (χ3n) is 2.97. The van der Waals surface area contributed by atoms with Crippen LogP contribution >= 0.6 is 0 Å². The highest BCUT2D eigenvalue weighted by molar-refractivity contribution is 5.32. The Kier molecular flexibility index (Phi) is 1.94. The number of nitrogens with two attached hydrogens (primary N) is 2. The lowest BCUT2D eigenvalue weighted by Gasteiger charge is -2.32. The van der Waals surface area contributed by atoms with Crippen molar-refractivity contribution in [3.8, 4) is 0 Å². The molecule has 0 aromatic carbocycles. The van der Waals surface area contributed by atoms with Crippen LogP contribution in [0.3, 0.4) is 0 Å². The molecule has 0 spiro atoms. The van der Waals surface area contributed by atoms with Crippen LogP contribution in [0.25, 0.3) is 0 Å². The van der Waals surface area contributed by atoms with Gasteiger partial charge in [-0.05, 0) is 18.8 Å². The molecule has 2 rings (SSSR count). The van der Waals surface area contributed by atoms with E-state index in [1.54, 1.807) is 6.08 Å². The maximum Gasteiger partial charge on any atom is 0.266 e. The molecule has 0 saturated heterocycles. The van der Waals surface area contributed by atoms with Crippen molar-refractivity contribution in [2.24, 2.45) is 17.4 Å². The summed E-state index contributed by atoms with van der Waals surface area (Å²) < 4.78 is 0. The molecule has 14 heavy (non-hydrogen) atoms. The smallest absolute Gasteiger partial charge is 0.266 e. The maximum absolute atomic E-state index is 10.5. The van der Waals surface area contributed by atoms with Gasteiger partial charge in [-0.1, -0.05) is 6.08 Å². The molecular formula is C9H13N3O2. The highest BCUT2D eigenvalue weighted by Gasteiger charge is 2.46. The second-order valence-electron chi connectivity index (χ2n) is 3.98. The van der Waals surface area contributed by atoms with Crippen LogP contribution in [0, 0.1) is 16.0 Å². The van der Waals surface area contributed by atoms with E-state index >= 15 is 0 Å². The van der Waals surface area contributed by atoms with E-state index < -0.39 is 16.5 Å². The van der Waals surface area contributed by atoms with Gasteiger partial charge < -0.3 is 11.5 Å². The normalized spacial score (nSPS) is 36.7. The molecule has 5 nitrogen and oxygen atoms in total. The Morgan fingerprint density at radius 1 is 1.57 bits per heavy atom. The molecule has 2 atom stereocenters. The molecule has 2 aliphatic rings. The molecule has 0 aliphatic heterocycles. The van der Waals surface area contributed by atoms with Gasteiger partial charge in [0, 0.05) is 12.2 Å². The Hall–Kier alpha value is -1.20. The number of allylic oxidation sites excluding steroid dienone is 1. The van der Waals surface area contributed by atoms with Gasteiger partial charge in [-0.3, -0.25) is 10.1 Å². The summed E-state index contributed by atoms with van der Waals surface area (Å²) in [4.78, 5) is 10.0. The fourth-order valence-electron chi connectivity index (χ4n) is 1.84. The molecule has 76 valence electrons. The first-order valence-electron chi connectivity index (χ1n) is 4.64. The lowest BCUT2D eigenvalue weighted by Crippen LogP contribution is -2.56. The quantitative estimate of drug-likeness (QED) is 0.484. The molecule has 5 heteroatoms. The number of nitrogens with zero attached hydrogens (tertiary/aromatic N) is 1. The van der Waals surface area contributed by atoms with E-state index in [9.17, 15) is 10.1 Å². The Bertz CT molecular complexity index is 333. The zero-order valence-electron chi connectivity index (χ0n) is 7.72. The predicted octanol–water partition coefficient (Wildman–Crippen LogP) is 0.152. The number of nitro groups is 1. The lowest BCUT2D eigenvalue weighted by molar-refractivity contribution is -0.419. The highest BCUT2D eigenvalue weighted by atomic mass is 16.6. The average molecular weight is 195 g/mol. The lowest BCUT2D eigenvalue weighted by atomic mass is 9.82. The molecule has 0 amide bonds. The second-order valence-corrected chi connectivity index (χ2v) is 3.98. The van der Waals surface area contributed by atoms with Gasteiger partial charge in [0.05, 0.1) is 16.5 Å². The number of hydrogen-bond acceptors (Lipinski definition) is 4. The Morgan fingerprint density at radius 2 is 2.21 bits per heavy atom. The fourth-order valence-corrected chi connectivity index (χ4v) is 1.84. The summed E-state index contributed by atoms with van der Waals surface area (Å²) in [5, 5.41) is 10.5. The second kappa shape index (κ2) is 2.90. The predicted molar refractivity (Wildman–Crippen MR) is 51.8 cm³/mol. The van der Waals surface area contributed by atoms with Crippen molar-refractivity contribution in [3.63, 3.8) is 0 Å². The van der Waals surface area contributed by atoms with E-state index in [1.807, 2.05) is 0 Å². The van der Waals surface area contributed by atoms with Crippen LogP contribution in [0.5, 0.6) is 0 Å². The molecule has 0 bridgehead atoms. The molecule has 4 N–H and O–H groups in total. The van der Waals surface area contributed by atoms with Crippen LogP contribution < -0.4 is 11.5 Å². The number of hydrogen-bond donors (Lipinski definition) is 2. The molecule has 2 aliphatic carbocycles. The van der Waals surface area contributed by atoms with Crippen molar-refractivity contribution in [1.29, 1.82) is 0 Å². The first-order chi connectivity index (χ1) is 6.54. The topological polar surface area (TPSA) is 95.2 Å². The molecule has 0 heterocycles. The minimum absolute atomic E-state index is 0.0409. The minimum Gasteiger partial charge on any atom is -0.322 e. The van der Waals surface area contributed by atoms with Crippen LogP contribution in [-0.2, 0) is 0 Å². The zero-order valence-corrected chi connectivity index (χ0v) is 7.72. The summed E-state index contributed by atoms with van der Waals surface area (Å²) in [6.07, 6.45) is 6.72. The summed E-state index contributed by atoms with van der Waals surface area (Å²) >= 11 is 0. The van der Waals surface area contributed by atoms with Crippen molar-refractivity contribution in [3.05, 3.63) is 34.0 Å². The van der Waals surface area contributed by atoms with Crippen LogP contribution in [0.15, 0.2) is 23.9 Å². The van der Waals surface area contributed by atoms with Crippen molar-refractivity contribution >= 4 is 0 Å². The molecule has 0 aromatic rings. The summed E-state index contributed by atoms with van der Waals surface area (Å²) in [6, 6.07) is -0.444. The van der Waals surface area contributed by atoms with Crippen LogP contribution in [-0.4, -0.2) is 16.5 Å². The Labute approximate surface area is 81.6 Å². The maximum atomic E-state index is 10.5. The van der Waals surface area contributed by atoms with Crippen molar-refractivity contribution in [2.45, 2.75) is 24.4 Å². The van der Waals surface area contributed by atoms with E-state index in [0.717, 1.165) is 12.8 Å². The van der Waals surface area contributed by atoms with Gasteiger partial charge in [0.15, 0.2) is 0 Å². The average Bonchev–Trinajstić information content (AvgIpc) is 2.92. The molecule has 1 saturated carbocycles. The largest absolute Gasteiger partial charge is 0.322 e. The van der Waals surface area contributed by atoms with Crippen LogP contribution in [0.2, 0.25) is 0 Å². The Morgan fingerprint density at radius 3 is 2.64 bits per heavy atom. The van der Waals surface area contributed by atoms with Gasteiger partial charge in [-0.2, -0.15) is 0 Å². The third-order valence-corrected chi connectivity index (χ3v) is 2.97. The van der Waals surface area contributed by atoms with E-state index in [1.165, 1.54) is 12.2 Å². The van der Waals surface area contributed by atoms with Crippen molar-refractivity contribution < 1.29 is 4.92 Å².